The predicted molar refractivity (Wildman–Crippen MR) is 78.6 cm³/mol. The number of amides is 1. The molecular formula is C14H23N3O3. The third-order valence-corrected chi connectivity index (χ3v) is 3.35. The lowest BCUT2D eigenvalue weighted by atomic mass is 9.99. The van der Waals surface area contributed by atoms with Crippen molar-refractivity contribution < 1.29 is 9.53 Å². The Labute approximate surface area is 118 Å². The van der Waals surface area contributed by atoms with Crippen LogP contribution in [0.2, 0.25) is 0 Å². The van der Waals surface area contributed by atoms with E-state index in [9.17, 15) is 9.59 Å². The molecule has 1 heterocycles. The minimum atomic E-state index is -0.556. The van der Waals surface area contributed by atoms with Crippen LogP contribution in [-0.2, 0) is 16.1 Å². The molecule has 20 heavy (non-hydrogen) atoms. The largest absolute Gasteiger partial charge is 0.383 e. The van der Waals surface area contributed by atoms with Crippen molar-refractivity contribution in [2.24, 2.45) is 11.7 Å². The number of nitrogens with two attached hydrogens (primary N) is 1. The van der Waals surface area contributed by atoms with E-state index in [4.69, 9.17) is 10.5 Å². The number of ether oxygens (including phenoxy) is 1. The molecule has 0 saturated heterocycles. The Morgan fingerprint density at radius 2 is 2.20 bits per heavy atom. The van der Waals surface area contributed by atoms with E-state index in [1.165, 1.54) is 10.6 Å². The molecule has 0 aliphatic heterocycles. The monoisotopic (exact) mass is 281 g/mol. The number of pyridine rings is 1. The standard InChI is InChI=1S/C14H23N3O3/c1-4-10(2)13(15)14(19)16-11-5-6-12(18)17(9-11)7-8-20-3/h5-6,9-10,13H,4,7-8,15H2,1-3H3,(H,16,19)/t10-,13-/m0/s1. The van der Waals surface area contributed by atoms with E-state index in [1.54, 1.807) is 19.4 Å². The summed E-state index contributed by atoms with van der Waals surface area (Å²) in [6.07, 6.45) is 2.44. The summed E-state index contributed by atoms with van der Waals surface area (Å²) in [5, 5.41) is 2.74. The lowest BCUT2D eigenvalue weighted by molar-refractivity contribution is -0.118. The predicted octanol–water partition coefficient (Wildman–Crippen LogP) is 0.807. The highest BCUT2D eigenvalue weighted by atomic mass is 16.5. The van der Waals surface area contributed by atoms with Gasteiger partial charge in [0, 0.05) is 25.9 Å². The number of methoxy groups -OCH3 is 1. The second-order valence-corrected chi connectivity index (χ2v) is 4.84. The molecule has 0 saturated carbocycles. The zero-order valence-electron chi connectivity index (χ0n) is 12.3. The Balaban J connectivity index is 2.77. The van der Waals surface area contributed by atoms with Crippen LogP contribution in [-0.4, -0.2) is 30.2 Å². The molecule has 6 heteroatoms. The zero-order valence-corrected chi connectivity index (χ0v) is 12.3. The molecule has 1 amide bonds. The summed E-state index contributed by atoms with van der Waals surface area (Å²) >= 11 is 0. The van der Waals surface area contributed by atoms with E-state index < -0.39 is 6.04 Å². The SMILES string of the molecule is CC[C@H](C)[C@H](N)C(=O)Nc1ccc(=O)n(CCOC)c1. The average Bonchev–Trinajstić information content (AvgIpc) is 2.45. The van der Waals surface area contributed by atoms with Crippen LogP contribution in [0.5, 0.6) is 0 Å². The van der Waals surface area contributed by atoms with Crippen LogP contribution in [0.3, 0.4) is 0 Å². The van der Waals surface area contributed by atoms with Gasteiger partial charge < -0.3 is 20.4 Å². The number of nitrogens with one attached hydrogen (secondary N) is 1. The maximum absolute atomic E-state index is 12.0. The van der Waals surface area contributed by atoms with Crippen molar-refractivity contribution in [1.29, 1.82) is 0 Å². The molecule has 0 spiro atoms. The lowest BCUT2D eigenvalue weighted by Gasteiger charge is -2.18. The second-order valence-electron chi connectivity index (χ2n) is 4.84. The number of hydrogen-bond acceptors (Lipinski definition) is 4. The van der Waals surface area contributed by atoms with Crippen LogP contribution in [0, 0.1) is 5.92 Å². The van der Waals surface area contributed by atoms with Gasteiger partial charge in [0.25, 0.3) is 5.56 Å². The van der Waals surface area contributed by atoms with Crippen LogP contribution in [0.15, 0.2) is 23.1 Å². The Morgan fingerprint density at radius 3 is 2.80 bits per heavy atom. The highest BCUT2D eigenvalue weighted by Gasteiger charge is 2.19. The van der Waals surface area contributed by atoms with Crippen molar-refractivity contribution in [1.82, 2.24) is 4.57 Å². The summed E-state index contributed by atoms with van der Waals surface area (Å²) in [5.74, 6) is -0.134. The van der Waals surface area contributed by atoms with Gasteiger partial charge in [-0.3, -0.25) is 9.59 Å². The van der Waals surface area contributed by atoms with Crippen LogP contribution in [0.4, 0.5) is 5.69 Å². The molecule has 2 atom stereocenters. The summed E-state index contributed by atoms with van der Waals surface area (Å²) in [6, 6.07) is 2.44. The van der Waals surface area contributed by atoms with Crippen LogP contribution in [0.1, 0.15) is 20.3 Å². The van der Waals surface area contributed by atoms with E-state index in [0.717, 1.165) is 6.42 Å². The highest BCUT2D eigenvalue weighted by molar-refractivity contribution is 5.94. The van der Waals surface area contributed by atoms with Crippen LogP contribution >= 0.6 is 0 Å². The smallest absolute Gasteiger partial charge is 0.250 e. The molecule has 0 aliphatic carbocycles. The topological polar surface area (TPSA) is 86.4 Å². The maximum atomic E-state index is 12.0. The third-order valence-electron chi connectivity index (χ3n) is 3.35. The van der Waals surface area contributed by atoms with Crippen molar-refractivity contribution in [3.8, 4) is 0 Å². The first kappa shape index (κ1) is 16.4. The number of rotatable bonds is 7. The summed E-state index contributed by atoms with van der Waals surface area (Å²) in [7, 11) is 1.57. The molecular weight excluding hydrogens is 258 g/mol. The van der Waals surface area contributed by atoms with Gasteiger partial charge in [0.2, 0.25) is 5.91 Å². The number of carbonyl (C=O) groups is 1. The van der Waals surface area contributed by atoms with Gasteiger partial charge in [-0.2, -0.15) is 0 Å². The first-order valence-corrected chi connectivity index (χ1v) is 6.75. The minimum Gasteiger partial charge on any atom is -0.383 e. The van der Waals surface area contributed by atoms with Crippen molar-refractivity contribution in [3.05, 3.63) is 28.7 Å². The molecule has 1 rings (SSSR count). The Bertz CT molecular complexity index is 499. The minimum absolute atomic E-state index is 0.106. The van der Waals surface area contributed by atoms with Crippen molar-refractivity contribution in [3.63, 3.8) is 0 Å². The number of hydrogen-bond donors (Lipinski definition) is 2. The lowest BCUT2D eigenvalue weighted by Crippen LogP contribution is -2.40. The second kappa shape index (κ2) is 7.81. The van der Waals surface area contributed by atoms with Gasteiger partial charge in [0.1, 0.15) is 0 Å². The summed E-state index contributed by atoms with van der Waals surface area (Å²) in [5.41, 5.74) is 6.29. The fourth-order valence-electron chi connectivity index (χ4n) is 1.71. The first-order valence-electron chi connectivity index (χ1n) is 6.75. The van der Waals surface area contributed by atoms with Crippen molar-refractivity contribution >= 4 is 11.6 Å². The quantitative estimate of drug-likeness (QED) is 0.774. The Hall–Kier alpha value is -1.66. The first-order chi connectivity index (χ1) is 9.49. The number of anilines is 1. The van der Waals surface area contributed by atoms with Crippen molar-refractivity contribution in [2.45, 2.75) is 32.9 Å². The van der Waals surface area contributed by atoms with Gasteiger partial charge in [0.05, 0.1) is 18.3 Å². The Morgan fingerprint density at radius 1 is 1.50 bits per heavy atom. The molecule has 1 aromatic rings. The van der Waals surface area contributed by atoms with Gasteiger partial charge in [-0.25, -0.2) is 0 Å². The summed E-state index contributed by atoms with van der Waals surface area (Å²) in [4.78, 5) is 23.6. The molecule has 0 radical (unpaired) electrons. The molecule has 0 aliphatic rings. The molecule has 6 nitrogen and oxygen atoms in total. The maximum Gasteiger partial charge on any atom is 0.250 e. The van der Waals surface area contributed by atoms with Gasteiger partial charge in [-0.1, -0.05) is 20.3 Å². The fraction of sp³-hybridized carbons (Fsp3) is 0.571. The van der Waals surface area contributed by atoms with Crippen LogP contribution in [0.25, 0.3) is 0 Å². The van der Waals surface area contributed by atoms with Gasteiger partial charge in [-0.15, -0.1) is 0 Å². The molecule has 0 unspecified atom stereocenters. The molecule has 3 N–H and O–H groups in total. The molecule has 0 fully saturated rings. The molecule has 1 aromatic heterocycles. The third kappa shape index (κ3) is 4.47. The van der Waals surface area contributed by atoms with Crippen molar-refractivity contribution in [2.75, 3.05) is 19.0 Å². The van der Waals surface area contributed by atoms with Gasteiger partial charge >= 0.3 is 0 Å². The molecule has 0 aromatic carbocycles. The number of carbonyl (C=O) groups excluding carboxylic acids is 1. The van der Waals surface area contributed by atoms with Gasteiger partial charge in [0.15, 0.2) is 0 Å². The summed E-state index contributed by atoms with van der Waals surface area (Å²) < 4.78 is 6.43. The molecule has 0 bridgehead atoms. The van der Waals surface area contributed by atoms with E-state index in [1.807, 2.05) is 13.8 Å². The van der Waals surface area contributed by atoms with Gasteiger partial charge in [-0.05, 0) is 12.0 Å². The highest BCUT2D eigenvalue weighted by Crippen LogP contribution is 2.09. The van der Waals surface area contributed by atoms with E-state index in [0.29, 0.717) is 18.8 Å². The van der Waals surface area contributed by atoms with E-state index in [2.05, 4.69) is 5.32 Å². The molecule has 112 valence electrons. The fourth-order valence-corrected chi connectivity index (χ4v) is 1.71. The zero-order chi connectivity index (χ0) is 15.1. The Kier molecular flexibility index (Phi) is 6.41. The summed E-state index contributed by atoms with van der Waals surface area (Å²) in [6.45, 7) is 4.80. The van der Waals surface area contributed by atoms with E-state index in [-0.39, 0.29) is 17.4 Å². The number of nitrogens with zero attached hydrogens (tertiary/aromatic N) is 1. The normalized spacial score (nSPS) is 13.8. The number of aromatic nitrogens is 1. The van der Waals surface area contributed by atoms with Crippen LogP contribution < -0.4 is 16.6 Å². The van der Waals surface area contributed by atoms with E-state index >= 15 is 0 Å². The average molecular weight is 281 g/mol.